The van der Waals surface area contributed by atoms with Gasteiger partial charge >= 0.3 is 5.97 Å². The van der Waals surface area contributed by atoms with E-state index in [-0.39, 0.29) is 24.0 Å². The molecule has 3 rings (SSSR count). The van der Waals surface area contributed by atoms with Gasteiger partial charge < -0.3 is 19.0 Å². The Morgan fingerprint density at radius 2 is 2.00 bits per heavy atom. The quantitative estimate of drug-likeness (QED) is 0.542. The number of rotatable bonds is 6. The highest BCUT2D eigenvalue weighted by Gasteiger charge is 2.15. The summed E-state index contributed by atoms with van der Waals surface area (Å²) >= 11 is 0. The SMILES string of the molecule is COc1ccc(-c2noc(COC(=O)c3cc(C(C)=O)c[nH]3)n2)cc1. The van der Waals surface area contributed by atoms with Crippen molar-refractivity contribution in [3.63, 3.8) is 0 Å². The van der Waals surface area contributed by atoms with Gasteiger partial charge in [-0.2, -0.15) is 4.98 Å². The van der Waals surface area contributed by atoms with Crippen LogP contribution in [0.1, 0.15) is 33.7 Å². The molecule has 8 nitrogen and oxygen atoms in total. The molecule has 0 aliphatic carbocycles. The van der Waals surface area contributed by atoms with Crippen molar-refractivity contribution in [2.24, 2.45) is 0 Å². The lowest BCUT2D eigenvalue weighted by Crippen LogP contribution is -2.05. The number of nitrogens with one attached hydrogen (secondary N) is 1. The van der Waals surface area contributed by atoms with Crippen molar-refractivity contribution in [3.05, 3.63) is 53.7 Å². The van der Waals surface area contributed by atoms with Crippen LogP contribution in [0.5, 0.6) is 5.75 Å². The van der Waals surface area contributed by atoms with Gasteiger partial charge in [0, 0.05) is 17.3 Å². The number of carbonyl (C=O) groups is 2. The van der Waals surface area contributed by atoms with Crippen LogP contribution in [0, 0.1) is 0 Å². The fraction of sp³-hybridized carbons (Fsp3) is 0.176. The van der Waals surface area contributed by atoms with Crippen LogP contribution in [0.4, 0.5) is 0 Å². The second kappa shape index (κ2) is 7.00. The first-order chi connectivity index (χ1) is 12.1. The Balaban J connectivity index is 1.62. The van der Waals surface area contributed by atoms with E-state index in [1.807, 2.05) is 0 Å². The van der Waals surface area contributed by atoms with Crippen LogP contribution in [-0.2, 0) is 11.3 Å². The van der Waals surface area contributed by atoms with Gasteiger partial charge in [0.1, 0.15) is 11.4 Å². The van der Waals surface area contributed by atoms with Gasteiger partial charge in [0.25, 0.3) is 5.89 Å². The summed E-state index contributed by atoms with van der Waals surface area (Å²) in [5.41, 5.74) is 1.34. The van der Waals surface area contributed by atoms with Gasteiger partial charge in [-0.1, -0.05) is 5.16 Å². The van der Waals surface area contributed by atoms with Crippen molar-refractivity contribution in [3.8, 4) is 17.1 Å². The molecule has 0 bridgehead atoms. The topological polar surface area (TPSA) is 107 Å². The van der Waals surface area contributed by atoms with E-state index in [2.05, 4.69) is 15.1 Å². The average molecular weight is 341 g/mol. The Labute approximate surface area is 142 Å². The van der Waals surface area contributed by atoms with E-state index in [4.69, 9.17) is 14.0 Å². The molecule has 0 radical (unpaired) electrons. The molecule has 0 saturated heterocycles. The standard InChI is InChI=1S/C17H15N3O5/c1-10(21)12-7-14(18-8-12)17(22)24-9-15-19-16(20-25-15)11-3-5-13(23-2)6-4-11/h3-8,18H,9H2,1-2H3. The second-order valence-electron chi connectivity index (χ2n) is 5.17. The molecule has 1 N–H and O–H groups in total. The largest absolute Gasteiger partial charge is 0.497 e. The average Bonchev–Trinajstić information content (AvgIpc) is 3.29. The molecule has 1 aromatic carbocycles. The van der Waals surface area contributed by atoms with Gasteiger partial charge in [-0.25, -0.2) is 4.79 Å². The summed E-state index contributed by atoms with van der Waals surface area (Å²) < 4.78 is 15.3. The molecule has 3 aromatic rings. The molecule has 128 valence electrons. The maximum Gasteiger partial charge on any atom is 0.355 e. The van der Waals surface area contributed by atoms with E-state index in [0.29, 0.717) is 11.4 Å². The van der Waals surface area contributed by atoms with E-state index in [9.17, 15) is 9.59 Å². The number of methoxy groups -OCH3 is 1. The second-order valence-corrected chi connectivity index (χ2v) is 5.17. The monoisotopic (exact) mass is 341 g/mol. The number of nitrogens with zero attached hydrogens (tertiary/aromatic N) is 2. The minimum Gasteiger partial charge on any atom is -0.497 e. The van der Waals surface area contributed by atoms with Crippen LogP contribution >= 0.6 is 0 Å². The van der Waals surface area contributed by atoms with Crippen molar-refractivity contribution in [1.29, 1.82) is 0 Å². The van der Waals surface area contributed by atoms with Crippen LogP contribution in [0.25, 0.3) is 11.4 Å². The normalized spacial score (nSPS) is 10.5. The van der Waals surface area contributed by atoms with E-state index in [0.717, 1.165) is 11.3 Å². The molecular weight excluding hydrogens is 326 g/mol. The Morgan fingerprint density at radius 3 is 2.64 bits per heavy atom. The molecular formula is C17H15N3O5. The Kier molecular flexibility index (Phi) is 4.60. The third-order valence-corrected chi connectivity index (χ3v) is 3.45. The third-order valence-electron chi connectivity index (χ3n) is 3.45. The van der Waals surface area contributed by atoms with Gasteiger partial charge in [0.05, 0.1) is 7.11 Å². The number of esters is 1. The lowest BCUT2D eigenvalue weighted by molar-refractivity contribution is 0.0423. The van der Waals surface area contributed by atoms with Gasteiger partial charge in [-0.05, 0) is 37.3 Å². The van der Waals surface area contributed by atoms with Crippen LogP contribution < -0.4 is 4.74 Å². The van der Waals surface area contributed by atoms with Gasteiger partial charge in [0.2, 0.25) is 5.82 Å². The lowest BCUT2D eigenvalue weighted by Gasteiger charge is -1.99. The van der Waals surface area contributed by atoms with Gasteiger partial charge in [-0.15, -0.1) is 0 Å². The molecule has 0 spiro atoms. The molecule has 0 amide bonds. The highest BCUT2D eigenvalue weighted by molar-refractivity contribution is 5.97. The number of carbonyl (C=O) groups excluding carboxylic acids is 2. The molecule has 0 atom stereocenters. The highest BCUT2D eigenvalue weighted by atomic mass is 16.6. The summed E-state index contributed by atoms with van der Waals surface area (Å²) in [6.45, 7) is 1.24. The molecule has 0 fully saturated rings. The molecule has 0 saturated carbocycles. The van der Waals surface area contributed by atoms with Crippen molar-refractivity contribution in [1.82, 2.24) is 15.1 Å². The minimum atomic E-state index is -0.614. The zero-order valence-corrected chi connectivity index (χ0v) is 13.6. The van der Waals surface area contributed by atoms with E-state index in [1.54, 1.807) is 31.4 Å². The van der Waals surface area contributed by atoms with Crippen LogP contribution in [0.3, 0.4) is 0 Å². The van der Waals surface area contributed by atoms with Crippen LogP contribution in [0.2, 0.25) is 0 Å². The van der Waals surface area contributed by atoms with Crippen LogP contribution in [0.15, 0.2) is 41.1 Å². The number of ether oxygens (including phenoxy) is 2. The number of benzene rings is 1. The first-order valence-corrected chi connectivity index (χ1v) is 7.40. The number of hydrogen-bond acceptors (Lipinski definition) is 7. The summed E-state index contributed by atoms with van der Waals surface area (Å²) in [6.07, 6.45) is 1.45. The van der Waals surface area contributed by atoms with Crippen molar-refractivity contribution in [2.75, 3.05) is 7.11 Å². The first kappa shape index (κ1) is 16.4. The fourth-order valence-electron chi connectivity index (χ4n) is 2.09. The first-order valence-electron chi connectivity index (χ1n) is 7.40. The number of hydrogen-bond donors (Lipinski definition) is 1. The Bertz CT molecular complexity index is 895. The summed E-state index contributed by atoms with van der Waals surface area (Å²) in [7, 11) is 1.58. The van der Waals surface area contributed by atoms with E-state index >= 15 is 0 Å². The number of Topliss-reactive ketones (excluding diaryl/α,β-unsaturated/α-hetero) is 1. The zero-order chi connectivity index (χ0) is 17.8. The maximum atomic E-state index is 11.9. The predicted octanol–water partition coefficient (Wildman–Crippen LogP) is 2.63. The van der Waals surface area contributed by atoms with Gasteiger partial charge in [0.15, 0.2) is 12.4 Å². The molecule has 0 aliphatic rings. The van der Waals surface area contributed by atoms with Crippen molar-refractivity contribution >= 4 is 11.8 Å². The summed E-state index contributed by atoms with van der Waals surface area (Å²) in [4.78, 5) is 30.0. The smallest absolute Gasteiger partial charge is 0.355 e. The van der Waals surface area contributed by atoms with Crippen molar-refractivity contribution < 1.29 is 23.6 Å². The van der Waals surface area contributed by atoms with E-state index < -0.39 is 5.97 Å². The highest BCUT2D eigenvalue weighted by Crippen LogP contribution is 2.20. The molecule has 2 heterocycles. The minimum absolute atomic E-state index is 0.142. The fourth-order valence-corrected chi connectivity index (χ4v) is 2.09. The van der Waals surface area contributed by atoms with Crippen molar-refractivity contribution in [2.45, 2.75) is 13.5 Å². The predicted molar refractivity (Wildman–Crippen MR) is 86.2 cm³/mol. The Hall–Kier alpha value is -3.42. The summed E-state index contributed by atoms with van der Waals surface area (Å²) in [5.74, 6) is 0.510. The lowest BCUT2D eigenvalue weighted by atomic mass is 10.2. The zero-order valence-electron chi connectivity index (χ0n) is 13.6. The summed E-state index contributed by atoms with van der Waals surface area (Å²) in [5, 5.41) is 3.85. The molecule has 2 aromatic heterocycles. The molecule has 0 unspecified atom stereocenters. The number of H-pyrrole nitrogens is 1. The molecule has 8 heteroatoms. The molecule has 0 aliphatic heterocycles. The number of aromatic amines is 1. The number of ketones is 1. The van der Waals surface area contributed by atoms with Gasteiger partial charge in [-0.3, -0.25) is 4.79 Å². The third kappa shape index (κ3) is 3.74. The Morgan fingerprint density at radius 1 is 1.24 bits per heavy atom. The van der Waals surface area contributed by atoms with E-state index in [1.165, 1.54) is 19.2 Å². The summed E-state index contributed by atoms with van der Waals surface area (Å²) in [6, 6.07) is 8.58. The number of aromatic nitrogens is 3. The molecule has 25 heavy (non-hydrogen) atoms. The van der Waals surface area contributed by atoms with Crippen LogP contribution in [-0.4, -0.2) is 34.0 Å². The maximum absolute atomic E-state index is 11.9.